The summed E-state index contributed by atoms with van der Waals surface area (Å²) in [4.78, 5) is 11.9. The van der Waals surface area contributed by atoms with E-state index in [9.17, 15) is 13.2 Å². The quantitative estimate of drug-likeness (QED) is 0.700. The average molecular weight is 305 g/mol. The Balaban J connectivity index is 2.62. The standard InChI is InChI=1S/C13H27N3O3S/c1-3-11(2)10-20(18,19)16-8-4-5-12(9-16)13(17)15-7-6-14/h11-12H,3-10,14H2,1-2H3,(H,15,17). The third-order valence-electron chi connectivity index (χ3n) is 3.78. The minimum Gasteiger partial charge on any atom is -0.355 e. The Morgan fingerprint density at radius 1 is 1.50 bits per heavy atom. The molecule has 1 aliphatic rings. The van der Waals surface area contributed by atoms with E-state index in [4.69, 9.17) is 5.73 Å². The van der Waals surface area contributed by atoms with E-state index in [0.717, 1.165) is 19.3 Å². The minimum atomic E-state index is -3.25. The molecule has 0 radical (unpaired) electrons. The second-order valence-electron chi connectivity index (χ2n) is 5.57. The van der Waals surface area contributed by atoms with Crippen molar-refractivity contribution in [1.82, 2.24) is 9.62 Å². The molecular formula is C13H27N3O3S. The SMILES string of the molecule is CCC(C)CS(=O)(=O)N1CCCC(C(=O)NCCN)C1. The molecule has 1 aliphatic heterocycles. The van der Waals surface area contributed by atoms with Crippen LogP contribution in [0.1, 0.15) is 33.1 Å². The summed E-state index contributed by atoms with van der Waals surface area (Å²) in [5.74, 6) is -0.0203. The number of nitrogens with zero attached hydrogens (tertiary/aromatic N) is 1. The number of amides is 1. The fourth-order valence-electron chi connectivity index (χ4n) is 2.33. The molecule has 20 heavy (non-hydrogen) atoms. The van der Waals surface area contributed by atoms with Crippen molar-refractivity contribution in [2.45, 2.75) is 33.1 Å². The van der Waals surface area contributed by atoms with E-state index in [1.165, 1.54) is 4.31 Å². The molecule has 0 aliphatic carbocycles. The van der Waals surface area contributed by atoms with Gasteiger partial charge in [0.1, 0.15) is 0 Å². The number of rotatable bonds is 7. The summed E-state index contributed by atoms with van der Waals surface area (Å²) in [5, 5.41) is 2.74. The van der Waals surface area contributed by atoms with E-state index in [1.807, 2.05) is 13.8 Å². The summed E-state index contributed by atoms with van der Waals surface area (Å²) in [7, 11) is -3.25. The first-order valence-corrected chi connectivity index (χ1v) is 8.97. The lowest BCUT2D eigenvalue weighted by Crippen LogP contribution is -2.47. The van der Waals surface area contributed by atoms with Crippen LogP contribution in [0, 0.1) is 11.8 Å². The molecule has 1 heterocycles. The lowest BCUT2D eigenvalue weighted by atomic mass is 9.99. The van der Waals surface area contributed by atoms with Crippen molar-refractivity contribution in [1.29, 1.82) is 0 Å². The van der Waals surface area contributed by atoms with E-state index >= 15 is 0 Å². The molecule has 1 amide bonds. The monoisotopic (exact) mass is 305 g/mol. The number of hydrogen-bond donors (Lipinski definition) is 2. The molecule has 0 spiro atoms. The molecule has 6 nitrogen and oxygen atoms in total. The van der Waals surface area contributed by atoms with Gasteiger partial charge in [-0.15, -0.1) is 0 Å². The Labute approximate surface area is 122 Å². The van der Waals surface area contributed by atoms with Gasteiger partial charge in [0.25, 0.3) is 0 Å². The van der Waals surface area contributed by atoms with Gasteiger partial charge in [0.05, 0.1) is 11.7 Å². The van der Waals surface area contributed by atoms with Crippen molar-refractivity contribution in [3.8, 4) is 0 Å². The number of carbonyl (C=O) groups excluding carboxylic acids is 1. The molecule has 0 aromatic carbocycles. The van der Waals surface area contributed by atoms with E-state index in [2.05, 4.69) is 5.32 Å². The number of hydrogen-bond acceptors (Lipinski definition) is 4. The predicted octanol–water partition coefficient (Wildman–Crippen LogP) is 0.149. The Kier molecular flexibility index (Phi) is 6.91. The molecule has 1 saturated heterocycles. The van der Waals surface area contributed by atoms with Crippen molar-refractivity contribution in [2.75, 3.05) is 31.9 Å². The highest BCUT2D eigenvalue weighted by molar-refractivity contribution is 7.89. The van der Waals surface area contributed by atoms with Crippen molar-refractivity contribution in [3.63, 3.8) is 0 Å². The van der Waals surface area contributed by atoms with E-state index in [0.29, 0.717) is 26.2 Å². The molecular weight excluding hydrogens is 278 g/mol. The molecule has 118 valence electrons. The molecule has 0 aromatic rings. The highest BCUT2D eigenvalue weighted by Gasteiger charge is 2.32. The normalized spacial score (nSPS) is 22.4. The number of nitrogens with two attached hydrogens (primary N) is 1. The lowest BCUT2D eigenvalue weighted by Gasteiger charge is -2.31. The highest BCUT2D eigenvalue weighted by atomic mass is 32.2. The molecule has 0 aromatic heterocycles. The number of carbonyl (C=O) groups is 1. The lowest BCUT2D eigenvalue weighted by molar-refractivity contribution is -0.126. The maximum Gasteiger partial charge on any atom is 0.224 e. The third kappa shape index (κ3) is 5.03. The number of sulfonamides is 1. The molecule has 7 heteroatoms. The van der Waals surface area contributed by atoms with Gasteiger partial charge in [0, 0.05) is 26.2 Å². The van der Waals surface area contributed by atoms with E-state index < -0.39 is 10.0 Å². The first-order valence-electron chi connectivity index (χ1n) is 7.36. The summed E-state index contributed by atoms with van der Waals surface area (Å²) < 4.78 is 26.1. The van der Waals surface area contributed by atoms with Gasteiger partial charge in [0.2, 0.25) is 15.9 Å². The molecule has 2 unspecified atom stereocenters. The Morgan fingerprint density at radius 3 is 2.80 bits per heavy atom. The largest absolute Gasteiger partial charge is 0.355 e. The third-order valence-corrected chi connectivity index (χ3v) is 5.89. The smallest absolute Gasteiger partial charge is 0.224 e. The second-order valence-corrected chi connectivity index (χ2v) is 7.58. The van der Waals surface area contributed by atoms with Gasteiger partial charge in [-0.25, -0.2) is 12.7 Å². The Hall–Kier alpha value is -0.660. The molecule has 0 bridgehead atoms. The molecule has 3 N–H and O–H groups in total. The van der Waals surface area contributed by atoms with Crippen molar-refractivity contribution in [2.24, 2.45) is 17.6 Å². The van der Waals surface area contributed by atoms with Crippen LogP contribution < -0.4 is 11.1 Å². The topological polar surface area (TPSA) is 92.5 Å². The molecule has 2 atom stereocenters. The maximum absolute atomic E-state index is 12.3. The van der Waals surface area contributed by atoms with Crippen molar-refractivity contribution < 1.29 is 13.2 Å². The van der Waals surface area contributed by atoms with Crippen LogP contribution in [0.25, 0.3) is 0 Å². The Morgan fingerprint density at radius 2 is 2.20 bits per heavy atom. The summed E-state index contributed by atoms with van der Waals surface area (Å²) >= 11 is 0. The maximum atomic E-state index is 12.3. The van der Waals surface area contributed by atoms with Crippen LogP contribution in [0.15, 0.2) is 0 Å². The van der Waals surface area contributed by atoms with Crippen LogP contribution in [0.4, 0.5) is 0 Å². The fourth-order valence-corrected chi connectivity index (χ4v) is 4.31. The number of nitrogens with one attached hydrogen (secondary N) is 1. The fraction of sp³-hybridized carbons (Fsp3) is 0.923. The zero-order chi connectivity index (χ0) is 15.2. The van der Waals surface area contributed by atoms with Gasteiger partial charge in [-0.05, 0) is 18.8 Å². The van der Waals surface area contributed by atoms with Crippen LogP contribution in [0.5, 0.6) is 0 Å². The summed E-state index contributed by atoms with van der Waals surface area (Å²) in [6, 6.07) is 0. The average Bonchev–Trinajstić information content (AvgIpc) is 2.44. The van der Waals surface area contributed by atoms with Crippen molar-refractivity contribution in [3.05, 3.63) is 0 Å². The van der Waals surface area contributed by atoms with Gasteiger partial charge in [0.15, 0.2) is 0 Å². The zero-order valence-electron chi connectivity index (χ0n) is 12.5. The molecule has 0 saturated carbocycles. The second kappa shape index (κ2) is 7.95. The highest BCUT2D eigenvalue weighted by Crippen LogP contribution is 2.21. The minimum absolute atomic E-state index is 0.0844. The van der Waals surface area contributed by atoms with Gasteiger partial charge in [-0.3, -0.25) is 4.79 Å². The Bertz CT molecular complexity index is 411. The molecule has 1 rings (SSSR count). The first-order chi connectivity index (χ1) is 9.40. The van der Waals surface area contributed by atoms with Crippen LogP contribution in [-0.2, 0) is 14.8 Å². The summed E-state index contributed by atoms with van der Waals surface area (Å²) in [6.07, 6.45) is 2.32. The van der Waals surface area contributed by atoms with Gasteiger partial charge >= 0.3 is 0 Å². The van der Waals surface area contributed by atoms with Crippen LogP contribution >= 0.6 is 0 Å². The first kappa shape index (κ1) is 17.4. The molecule has 1 fully saturated rings. The van der Waals surface area contributed by atoms with Crippen molar-refractivity contribution >= 4 is 15.9 Å². The summed E-state index contributed by atoms with van der Waals surface area (Å²) in [6.45, 7) is 5.59. The zero-order valence-corrected chi connectivity index (χ0v) is 13.3. The van der Waals surface area contributed by atoms with Crippen LogP contribution in [-0.4, -0.2) is 50.6 Å². The predicted molar refractivity (Wildman–Crippen MR) is 79.6 cm³/mol. The number of piperidine rings is 1. The van der Waals surface area contributed by atoms with Crippen LogP contribution in [0.3, 0.4) is 0 Å². The van der Waals surface area contributed by atoms with E-state index in [1.54, 1.807) is 0 Å². The van der Waals surface area contributed by atoms with Gasteiger partial charge < -0.3 is 11.1 Å². The van der Waals surface area contributed by atoms with E-state index in [-0.39, 0.29) is 23.5 Å². The summed E-state index contributed by atoms with van der Waals surface area (Å²) in [5.41, 5.74) is 5.35. The van der Waals surface area contributed by atoms with Crippen LogP contribution in [0.2, 0.25) is 0 Å². The van der Waals surface area contributed by atoms with Gasteiger partial charge in [-0.1, -0.05) is 20.3 Å². The van der Waals surface area contributed by atoms with Gasteiger partial charge in [-0.2, -0.15) is 0 Å².